The smallest absolute Gasteiger partial charge is 0.0593 e. The van der Waals surface area contributed by atoms with Crippen molar-refractivity contribution in [2.75, 3.05) is 32.8 Å². The van der Waals surface area contributed by atoms with Crippen molar-refractivity contribution in [2.45, 2.75) is 38.8 Å². The van der Waals surface area contributed by atoms with E-state index in [1.807, 2.05) is 0 Å². The number of piperazine rings is 1. The van der Waals surface area contributed by atoms with Gasteiger partial charge in [0, 0.05) is 37.8 Å². The Balaban J connectivity index is 1.97. The Morgan fingerprint density at radius 2 is 2.05 bits per heavy atom. The molecular weight excluding hydrogens is 248 g/mol. The molecule has 1 aromatic rings. The van der Waals surface area contributed by atoms with Gasteiger partial charge in [0.05, 0.1) is 6.61 Å². The van der Waals surface area contributed by atoms with Crippen LogP contribution in [-0.2, 0) is 11.2 Å². The molecule has 2 rings (SSSR count). The molecule has 1 unspecified atom stereocenters. The SMILES string of the molecule is CCOCCN1CC(C)(C)NCC1Cc1ccccc1. The molecule has 20 heavy (non-hydrogen) atoms. The van der Waals surface area contributed by atoms with Crippen LogP contribution in [0.25, 0.3) is 0 Å². The highest BCUT2D eigenvalue weighted by molar-refractivity contribution is 5.16. The first-order chi connectivity index (χ1) is 9.61. The van der Waals surface area contributed by atoms with E-state index in [0.29, 0.717) is 6.04 Å². The molecule has 1 aliphatic heterocycles. The summed E-state index contributed by atoms with van der Waals surface area (Å²) in [4.78, 5) is 2.58. The van der Waals surface area contributed by atoms with Gasteiger partial charge in [0.1, 0.15) is 0 Å². The minimum atomic E-state index is 0.194. The molecule has 1 fully saturated rings. The van der Waals surface area contributed by atoms with Gasteiger partial charge in [-0.15, -0.1) is 0 Å². The minimum absolute atomic E-state index is 0.194. The zero-order valence-electron chi connectivity index (χ0n) is 13.1. The van der Waals surface area contributed by atoms with E-state index in [-0.39, 0.29) is 5.54 Å². The maximum absolute atomic E-state index is 5.54. The molecule has 1 N–H and O–H groups in total. The van der Waals surface area contributed by atoms with E-state index in [0.717, 1.165) is 39.3 Å². The third-order valence-electron chi connectivity index (χ3n) is 3.97. The predicted octanol–water partition coefficient (Wildman–Crippen LogP) is 2.32. The van der Waals surface area contributed by atoms with Gasteiger partial charge in [-0.2, -0.15) is 0 Å². The van der Waals surface area contributed by atoms with E-state index in [1.54, 1.807) is 0 Å². The molecule has 3 nitrogen and oxygen atoms in total. The van der Waals surface area contributed by atoms with Crippen molar-refractivity contribution in [3.05, 3.63) is 35.9 Å². The molecule has 0 saturated carbocycles. The highest BCUT2D eigenvalue weighted by Gasteiger charge is 2.32. The Labute approximate surface area is 123 Å². The summed E-state index contributed by atoms with van der Waals surface area (Å²) < 4.78 is 5.54. The van der Waals surface area contributed by atoms with Crippen LogP contribution in [0.5, 0.6) is 0 Å². The summed E-state index contributed by atoms with van der Waals surface area (Å²) in [7, 11) is 0. The molecule has 0 amide bonds. The van der Waals surface area contributed by atoms with Crippen LogP contribution < -0.4 is 5.32 Å². The maximum atomic E-state index is 5.54. The van der Waals surface area contributed by atoms with Crippen LogP contribution in [0.4, 0.5) is 0 Å². The molecule has 0 aliphatic carbocycles. The quantitative estimate of drug-likeness (QED) is 0.807. The summed E-state index contributed by atoms with van der Waals surface area (Å²) in [6.45, 7) is 11.4. The lowest BCUT2D eigenvalue weighted by molar-refractivity contribution is 0.0530. The fourth-order valence-corrected chi connectivity index (χ4v) is 2.89. The average Bonchev–Trinajstić information content (AvgIpc) is 2.43. The van der Waals surface area contributed by atoms with Crippen molar-refractivity contribution in [1.82, 2.24) is 10.2 Å². The monoisotopic (exact) mass is 276 g/mol. The Bertz CT molecular complexity index is 391. The largest absolute Gasteiger partial charge is 0.380 e. The van der Waals surface area contributed by atoms with Crippen LogP contribution in [0.15, 0.2) is 30.3 Å². The second-order valence-corrected chi connectivity index (χ2v) is 6.28. The van der Waals surface area contributed by atoms with Gasteiger partial charge in [0.15, 0.2) is 0 Å². The number of nitrogens with one attached hydrogen (secondary N) is 1. The Morgan fingerprint density at radius 1 is 1.30 bits per heavy atom. The number of hydrogen-bond acceptors (Lipinski definition) is 3. The normalized spacial score (nSPS) is 22.9. The summed E-state index contributed by atoms with van der Waals surface area (Å²) >= 11 is 0. The Kier molecular flexibility index (Phi) is 5.58. The van der Waals surface area contributed by atoms with Crippen LogP contribution in [0.3, 0.4) is 0 Å². The zero-order chi connectivity index (χ0) is 14.4. The summed E-state index contributed by atoms with van der Waals surface area (Å²) in [5, 5.41) is 3.67. The fourth-order valence-electron chi connectivity index (χ4n) is 2.89. The molecular formula is C17H28N2O. The van der Waals surface area contributed by atoms with E-state index >= 15 is 0 Å². The zero-order valence-corrected chi connectivity index (χ0v) is 13.1. The lowest BCUT2D eigenvalue weighted by Gasteiger charge is -2.44. The van der Waals surface area contributed by atoms with Crippen LogP contribution in [0, 0.1) is 0 Å². The van der Waals surface area contributed by atoms with Gasteiger partial charge in [0.25, 0.3) is 0 Å². The minimum Gasteiger partial charge on any atom is -0.380 e. The van der Waals surface area contributed by atoms with Gasteiger partial charge in [-0.25, -0.2) is 0 Å². The summed E-state index contributed by atoms with van der Waals surface area (Å²) in [6, 6.07) is 11.3. The van der Waals surface area contributed by atoms with Crippen LogP contribution in [0.2, 0.25) is 0 Å². The molecule has 1 heterocycles. The molecule has 3 heteroatoms. The first-order valence-electron chi connectivity index (χ1n) is 7.71. The Hall–Kier alpha value is -0.900. The van der Waals surface area contributed by atoms with Gasteiger partial charge < -0.3 is 10.1 Å². The lowest BCUT2D eigenvalue weighted by Crippen LogP contribution is -2.62. The van der Waals surface area contributed by atoms with E-state index in [1.165, 1.54) is 5.56 Å². The van der Waals surface area contributed by atoms with Crippen LogP contribution >= 0.6 is 0 Å². The highest BCUT2D eigenvalue weighted by Crippen LogP contribution is 2.18. The molecule has 112 valence electrons. The number of benzene rings is 1. The average molecular weight is 276 g/mol. The second kappa shape index (κ2) is 7.21. The number of rotatable bonds is 6. The van der Waals surface area contributed by atoms with E-state index in [2.05, 4.69) is 61.3 Å². The van der Waals surface area contributed by atoms with Crippen LogP contribution in [0.1, 0.15) is 26.3 Å². The number of hydrogen-bond donors (Lipinski definition) is 1. The highest BCUT2D eigenvalue weighted by atomic mass is 16.5. The topological polar surface area (TPSA) is 24.5 Å². The van der Waals surface area contributed by atoms with Crippen molar-refractivity contribution < 1.29 is 4.74 Å². The number of nitrogens with zero attached hydrogens (tertiary/aromatic N) is 1. The van der Waals surface area contributed by atoms with E-state index < -0.39 is 0 Å². The first-order valence-corrected chi connectivity index (χ1v) is 7.71. The number of ether oxygens (including phenoxy) is 1. The van der Waals surface area contributed by atoms with Gasteiger partial charge in [-0.05, 0) is 32.8 Å². The Morgan fingerprint density at radius 3 is 2.75 bits per heavy atom. The molecule has 1 aromatic carbocycles. The van der Waals surface area contributed by atoms with E-state index in [4.69, 9.17) is 4.74 Å². The predicted molar refractivity (Wildman–Crippen MR) is 84.1 cm³/mol. The van der Waals surface area contributed by atoms with Gasteiger partial charge >= 0.3 is 0 Å². The summed E-state index contributed by atoms with van der Waals surface area (Å²) in [6.07, 6.45) is 1.11. The van der Waals surface area contributed by atoms with Crippen LogP contribution in [-0.4, -0.2) is 49.3 Å². The molecule has 1 aliphatic rings. The summed E-state index contributed by atoms with van der Waals surface area (Å²) in [5.41, 5.74) is 1.61. The van der Waals surface area contributed by atoms with Gasteiger partial charge in [0.2, 0.25) is 0 Å². The van der Waals surface area contributed by atoms with Crippen molar-refractivity contribution in [2.24, 2.45) is 0 Å². The van der Waals surface area contributed by atoms with Crippen molar-refractivity contribution in [3.63, 3.8) is 0 Å². The standard InChI is InChI=1S/C17H28N2O/c1-4-20-11-10-19-14-17(2,3)18-13-16(19)12-15-8-6-5-7-9-15/h5-9,16,18H,4,10-14H2,1-3H3. The third-order valence-corrected chi connectivity index (χ3v) is 3.97. The summed E-state index contributed by atoms with van der Waals surface area (Å²) in [5.74, 6) is 0. The molecule has 0 aromatic heterocycles. The van der Waals surface area contributed by atoms with Gasteiger partial charge in [-0.1, -0.05) is 30.3 Å². The van der Waals surface area contributed by atoms with Crippen molar-refractivity contribution in [3.8, 4) is 0 Å². The molecule has 1 atom stereocenters. The fraction of sp³-hybridized carbons (Fsp3) is 0.647. The maximum Gasteiger partial charge on any atom is 0.0593 e. The second-order valence-electron chi connectivity index (χ2n) is 6.28. The lowest BCUT2D eigenvalue weighted by atomic mass is 9.95. The molecule has 0 spiro atoms. The van der Waals surface area contributed by atoms with Gasteiger partial charge in [-0.3, -0.25) is 4.90 Å². The molecule has 0 radical (unpaired) electrons. The molecule has 1 saturated heterocycles. The first kappa shape index (κ1) is 15.5. The van der Waals surface area contributed by atoms with E-state index in [9.17, 15) is 0 Å². The molecule has 0 bridgehead atoms. The van der Waals surface area contributed by atoms with Crippen molar-refractivity contribution in [1.29, 1.82) is 0 Å². The third kappa shape index (κ3) is 4.58. The van der Waals surface area contributed by atoms with Crippen molar-refractivity contribution >= 4 is 0 Å².